The summed E-state index contributed by atoms with van der Waals surface area (Å²) in [5, 5.41) is 0. The Labute approximate surface area is 110 Å². The number of fused-ring (bicyclic) bond motifs is 1. The fourth-order valence-electron chi connectivity index (χ4n) is 2.31. The number of nitrogens with zero attached hydrogens (tertiary/aromatic N) is 1. The summed E-state index contributed by atoms with van der Waals surface area (Å²) in [4.78, 5) is 13.6. The number of hydrogen-bond donors (Lipinski definition) is 0. The maximum Gasteiger partial charge on any atom is 0.306 e. The summed E-state index contributed by atoms with van der Waals surface area (Å²) in [5.74, 6) is 0.148. The first-order valence-corrected chi connectivity index (χ1v) is 6.48. The van der Waals surface area contributed by atoms with Crippen LogP contribution >= 0.6 is 15.9 Å². The molecule has 0 amide bonds. The second kappa shape index (κ2) is 5.08. The molecule has 1 aliphatic rings. The van der Waals surface area contributed by atoms with Crippen LogP contribution in [0.1, 0.15) is 24.3 Å². The molecule has 0 spiro atoms. The van der Waals surface area contributed by atoms with Gasteiger partial charge in [-0.1, -0.05) is 22.0 Å². The molecule has 1 aromatic carbocycles. The van der Waals surface area contributed by atoms with Crippen molar-refractivity contribution in [3.63, 3.8) is 0 Å². The number of carbonyl (C=O) groups is 1. The lowest BCUT2D eigenvalue weighted by molar-refractivity contribution is -0.141. The highest BCUT2D eigenvalue weighted by molar-refractivity contribution is 9.10. The van der Waals surface area contributed by atoms with E-state index in [0.29, 0.717) is 6.42 Å². The van der Waals surface area contributed by atoms with Gasteiger partial charge in [0.2, 0.25) is 0 Å². The average molecular weight is 298 g/mol. The minimum absolute atomic E-state index is 0.131. The van der Waals surface area contributed by atoms with Crippen LogP contribution in [0.4, 0.5) is 5.69 Å². The Balaban J connectivity index is 2.29. The van der Waals surface area contributed by atoms with E-state index in [1.807, 2.05) is 6.07 Å². The zero-order chi connectivity index (χ0) is 12.4. The molecular weight excluding hydrogens is 282 g/mol. The van der Waals surface area contributed by atoms with E-state index >= 15 is 0 Å². The number of esters is 1. The smallest absolute Gasteiger partial charge is 0.306 e. The van der Waals surface area contributed by atoms with Crippen LogP contribution in [0.5, 0.6) is 0 Å². The fraction of sp³-hybridized carbons (Fsp3) is 0.462. The molecule has 0 radical (unpaired) electrons. The molecule has 0 N–H and O–H groups in total. The number of benzene rings is 1. The summed E-state index contributed by atoms with van der Waals surface area (Å²) in [6.45, 7) is 0.977. The molecule has 1 aromatic rings. The van der Waals surface area contributed by atoms with Gasteiger partial charge in [-0.15, -0.1) is 0 Å². The van der Waals surface area contributed by atoms with Crippen LogP contribution in [-0.2, 0) is 9.53 Å². The Morgan fingerprint density at radius 2 is 2.35 bits per heavy atom. The van der Waals surface area contributed by atoms with Crippen LogP contribution in [0.2, 0.25) is 0 Å². The summed E-state index contributed by atoms with van der Waals surface area (Å²) < 4.78 is 5.83. The van der Waals surface area contributed by atoms with Crippen molar-refractivity contribution in [2.75, 3.05) is 25.6 Å². The predicted molar refractivity (Wildman–Crippen MR) is 71.4 cm³/mol. The highest BCUT2D eigenvalue weighted by Crippen LogP contribution is 2.38. The first kappa shape index (κ1) is 12.4. The monoisotopic (exact) mass is 297 g/mol. The minimum atomic E-state index is -0.131. The molecule has 1 aliphatic heterocycles. The van der Waals surface area contributed by atoms with Crippen molar-refractivity contribution in [2.24, 2.45) is 0 Å². The van der Waals surface area contributed by atoms with Gasteiger partial charge in [-0.3, -0.25) is 4.79 Å². The van der Waals surface area contributed by atoms with E-state index in [4.69, 9.17) is 4.74 Å². The number of hydrogen-bond acceptors (Lipinski definition) is 3. The number of methoxy groups -OCH3 is 1. The Kier molecular flexibility index (Phi) is 3.72. The molecule has 92 valence electrons. The lowest BCUT2D eigenvalue weighted by Gasteiger charge is -2.33. The largest absolute Gasteiger partial charge is 0.469 e. The Morgan fingerprint density at radius 1 is 1.59 bits per heavy atom. The molecule has 0 aromatic heterocycles. The second-order valence-corrected chi connectivity index (χ2v) is 5.31. The van der Waals surface area contributed by atoms with Gasteiger partial charge in [-0.2, -0.15) is 0 Å². The Morgan fingerprint density at radius 3 is 3.06 bits per heavy atom. The van der Waals surface area contributed by atoms with Crippen LogP contribution < -0.4 is 4.90 Å². The molecule has 17 heavy (non-hydrogen) atoms. The third-order valence-electron chi connectivity index (χ3n) is 3.30. The maximum atomic E-state index is 11.4. The summed E-state index contributed by atoms with van der Waals surface area (Å²) in [5.41, 5.74) is 2.45. The number of halogens is 1. The fourth-order valence-corrected chi connectivity index (χ4v) is 2.66. The van der Waals surface area contributed by atoms with Crippen molar-refractivity contribution in [2.45, 2.75) is 18.8 Å². The molecule has 0 aliphatic carbocycles. The normalized spacial score (nSPS) is 18.8. The quantitative estimate of drug-likeness (QED) is 0.786. The molecule has 0 fully saturated rings. The van der Waals surface area contributed by atoms with Gasteiger partial charge in [0.1, 0.15) is 0 Å². The van der Waals surface area contributed by atoms with Gasteiger partial charge in [0.05, 0.1) is 13.5 Å². The lowest BCUT2D eigenvalue weighted by atomic mass is 9.88. The standard InChI is InChI=1S/C13H16BrNO2/c1-15-6-5-9(7-13(16)17-2)11-4-3-10(14)8-12(11)15/h3-4,8-9H,5-7H2,1-2H3. The Bertz CT molecular complexity index is 433. The van der Waals surface area contributed by atoms with E-state index in [2.05, 4.69) is 40.0 Å². The van der Waals surface area contributed by atoms with Gasteiger partial charge >= 0.3 is 5.97 Å². The molecular formula is C13H16BrNO2. The van der Waals surface area contributed by atoms with Crippen molar-refractivity contribution in [1.82, 2.24) is 0 Å². The van der Waals surface area contributed by atoms with Crippen LogP contribution in [0.3, 0.4) is 0 Å². The molecule has 4 heteroatoms. The number of ether oxygens (including phenoxy) is 1. The summed E-state index contributed by atoms with van der Waals surface area (Å²) in [6.07, 6.45) is 1.47. The molecule has 1 atom stereocenters. The van der Waals surface area contributed by atoms with Crippen LogP contribution in [-0.4, -0.2) is 26.7 Å². The predicted octanol–water partition coefficient (Wildman–Crippen LogP) is 2.94. The molecule has 1 unspecified atom stereocenters. The van der Waals surface area contributed by atoms with E-state index in [-0.39, 0.29) is 11.9 Å². The molecule has 2 rings (SSSR count). The van der Waals surface area contributed by atoms with Gasteiger partial charge in [0, 0.05) is 23.8 Å². The average Bonchev–Trinajstić information content (AvgIpc) is 2.33. The topological polar surface area (TPSA) is 29.5 Å². The Hall–Kier alpha value is -1.03. The molecule has 0 saturated heterocycles. The van der Waals surface area contributed by atoms with E-state index < -0.39 is 0 Å². The van der Waals surface area contributed by atoms with Crippen LogP contribution in [0, 0.1) is 0 Å². The second-order valence-electron chi connectivity index (χ2n) is 4.39. The summed E-state index contributed by atoms with van der Waals surface area (Å²) in [6, 6.07) is 6.24. The van der Waals surface area contributed by atoms with Gasteiger partial charge in [-0.25, -0.2) is 0 Å². The van der Waals surface area contributed by atoms with Crippen molar-refractivity contribution < 1.29 is 9.53 Å². The molecule has 3 nitrogen and oxygen atoms in total. The number of anilines is 1. The number of rotatable bonds is 2. The molecule has 0 saturated carbocycles. The van der Waals surface area contributed by atoms with Crippen molar-refractivity contribution in [3.8, 4) is 0 Å². The highest BCUT2D eigenvalue weighted by atomic mass is 79.9. The zero-order valence-electron chi connectivity index (χ0n) is 10.1. The first-order valence-electron chi connectivity index (χ1n) is 5.69. The summed E-state index contributed by atoms with van der Waals surface area (Å²) in [7, 11) is 3.53. The van der Waals surface area contributed by atoms with Crippen molar-refractivity contribution in [3.05, 3.63) is 28.2 Å². The van der Waals surface area contributed by atoms with E-state index in [1.54, 1.807) is 0 Å². The number of carbonyl (C=O) groups excluding carboxylic acids is 1. The van der Waals surface area contributed by atoms with Crippen LogP contribution in [0.25, 0.3) is 0 Å². The van der Waals surface area contributed by atoms with Gasteiger partial charge in [0.25, 0.3) is 0 Å². The summed E-state index contributed by atoms with van der Waals surface area (Å²) >= 11 is 3.48. The lowest BCUT2D eigenvalue weighted by Crippen LogP contribution is -2.28. The van der Waals surface area contributed by atoms with E-state index in [1.165, 1.54) is 18.4 Å². The van der Waals surface area contributed by atoms with Crippen molar-refractivity contribution in [1.29, 1.82) is 0 Å². The van der Waals surface area contributed by atoms with Gasteiger partial charge < -0.3 is 9.64 Å². The van der Waals surface area contributed by atoms with E-state index in [0.717, 1.165) is 17.4 Å². The molecule has 0 bridgehead atoms. The zero-order valence-corrected chi connectivity index (χ0v) is 11.7. The van der Waals surface area contributed by atoms with Gasteiger partial charge in [0.15, 0.2) is 0 Å². The third kappa shape index (κ3) is 2.63. The van der Waals surface area contributed by atoms with Gasteiger partial charge in [-0.05, 0) is 30.0 Å². The van der Waals surface area contributed by atoms with Crippen LogP contribution in [0.15, 0.2) is 22.7 Å². The minimum Gasteiger partial charge on any atom is -0.469 e. The maximum absolute atomic E-state index is 11.4. The van der Waals surface area contributed by atoms with Crippen molar-refractivity contribution >= 4 is 27.6 Å². The first-order chi connectivity index (χ1) is 8.11. The SMILES string of the molecule is COC(=O)CC1CCN(C)c2cc(Br)ccc21. The molecule has 1 heterocycles. The third-order valence-corrected chi connectivity index (χ3v) is 3.79. The highest BCUT2D eigenvalue weighted by Gasteiger charge is 2.25. The van der Waals surface area contributed by atoms with E-state index in [9.17, 15) is 4.79 Å².